The zero-order valence-electron chi connectivity index (χ0n) is 11.9. The zero-order valence-corrected chi connectivity index (χ0v) is 13.4. The molecule has 4 nitrogen and oxygen atoms in total. The fourth-order valence-corrected chi connectivity index (χ4v) is 3.65. The lowest BCUT2D eigenvalue weighted by Gasteiger charge is -2.25. The van der Waals surface area contributed by atoms with Gasteiger partial charge in [-0.15, -0.1) is 0 Å². The van der Waals surface area contributed by atoms with Gasteiger partial charge in [0.25, 0.3) is 0 Å². The first-order valence-corrected chi connectivity index (χ1v) is 8.05. The predicted molar refractivity (Wildman–Crippen MR) is 75.8 cm³/mol. The van der Waals surface area contributed by atoms with E-state index in [0.29, 0.717) is 4.31 Å². The summed E-state index contributed by atoms with van der Waals surface area (Å²) in [7, 11) is -4.36. The number of rotatable bonds is 5. The van der Waals surface area contributed by atoms with Crippen LogP contribution in [-0.4, -0.2) is 32.0 Å². The van der Waals surface area contributed by atoms with Gasteiger partial charge in [-0.1, -0.05) is 25.4 Å². The van der Waals surface area contributed by atoms with Crippen LogP contribution in [0.25, 0.3) is 0 Å². The van der Waals surface area contributed by atoms with Gasteiger partial charge >= 0.3 is 6.18 Å². The molecule has 0 radical (unpaired) electrons. The molecule has 0 aliphatic carbocycles. The molecular weight excluding hydrogens is 341 g/mol. The summed E-state index contributed by atoms with van der Waals surface area (Å²) in [5.41, 5.74) is 0.0480. The summed E-state index contributed by atoms with van der Waals surface area (Å²) in [6.07, 6.45) is -4.65. The van der Waals surface area contributed by atoms with Gasteiger partial charge < -0.3 is 0 Å². The van der Waals surface area contributed by atoms with Crippen LogP contribution in [0, 0.1) is 17.2 Å². The van der Waals surface area contributed by atoms with Gasteiger partial charge in [0.15, 0.2) is 0 Å². The Kier molecular flexibility index (Phi) is 5.84. The van der Waals surface area contributed by atoms with Crippen molar-refractivity contribution in [2.24, 2.45) is 5.92 Å². The monoisotopic (exact) mass is 354 g/mol. The molecule has 0 N–H and O–H groups in total. The Morgan fingerprint density at radius 2 is 1.95 bits per heavy atom. The fourth-order valence-electron chi connectivity index (χ4n) is 1.75. The van der Waals surface area contributed by atoms with Gasteiger partial charge in [0.2, 0.25) is 10.0 Å². The second-order valence-electron chi connectivity index (χ2n) is 5.06. The normalized spacial score (nSPS) is 12.7. The maximum absolute atomic E-state index is 12.6. The van der Waals surface area contributed by atoms with E-state index in [1.807, 2.05) is 0 Å². The minimum Gasteiger partial charge on any atom is -0.207 e. The highest BCUT2D eigenvalue weighted by atomic mass is 35.5. The summed E-state index contributed by atoms with van der Waals surface area (Å²) < 4.78 is 63.0. The Morgan fingerprint density at radius 3 is 2.36 bits per heavy atom. The van der Waals surface area contributed by atoms with Gasteiger partial charge in [0.05, 0.1) is 15.5 Å². The fraction of sp³-hybridized carbons (Fsp3) is 0.462. The molecule has 0 aliphatic rings. The number of hydrogen-bond acceptors (Lipinski definition) is 3. The number of hydrogen-bond donors (Lipinski definition) is 0. The molecule has 0 unspecified atom stereocenters. The van der Waals surface area contributed by atoms with E-state index >= 15 is 0 Å². The number of sulfonamides is 1. The molecule has 0 aliphatic heterocycles. The van der Waals surface area contributed by atoms with Crippen molar-refractivity contribution in [1.82, 2.24) is 4.31 Å². The summed E-state index contributed by atoms with van der Waals surface area (Å²) in [5.74, 6) is -0.286. The van der Waals surface area contributed by atoms with Crippen molar-refractivity contribution in [3.63, 3.8) is 0 Å². The molecule has 0 fully saturated rings. The third-order valence-corrected chi connectivity index (χ3v) is 4.74. The molecule has 1 aromatic carbocycles. The summed E-state index contributed by atoms with van der Waals surface area (Å²) in [5, 5.41) is 8.63. The van der Waals surface area contributed by atoms with Crippen LogP contribution < -0.4 is 0 Å². The second kappa shape index (κ2) is 6.86. The average molecular weight is 355 g/mol. The van der Waals surface area contributed by atoms with E-state index in [9.17, 15) is 21.6 Å². The zero-order chi connectivity index (χ0) is 17.1. The van der Waals surface area contributed by atoms with Crippen molar-refractivity contribution in [2.45, 2.75) is 24.9 Å². The van der Waals surface area contributed by atoms with E-state index in [-0.39, 0.29) is 27.9 Å². The van der Waals surface area contributed by atoms with Crippen molar-refractivity contribution in [1.29, 1.82) is 5.26 Å². The van der Waals surface area contributed by atoms with Gasteiger partial charge in [-0.3, -0.25) is 0 Å². The second-order valence-corrected chi connectivity index (χ2v) is 7.41. The van der Waals surface area contributed by atoms with Gasteiger partial charge in [-0.25, -0.2) is 8.42 Å². The Bertz CT molecular complexity index is 682. The maximum atomic E-state index is 12.6. The van der Waals surface area contributed by atoms with Crippen molar-refractivity contribution >= 4 is 21.6 Å². The molecule has 1 rings (SSSR count). The van der Waals surface area contributed by atoms with Crippen molar-refractivity contribution in [2.75, 3.05) is 13.1 Å². The predicted octanol–water partition coefficient (Wildman–Crippen LogP) is 3.42. The van der Waals surface area contributed by atoms with Crippen molar-refractivity contribution in [3.8, 4) is 6.07 Å². The van der Waals surface area contributed by atoms with E-state index in [0.717, 1.165) is 18.2 Å². The highest BCUT2D eigenvalue weighted by Gasteiger charge is 2.37. The van der Waals surface area contributed by atoms with Crippen LogP contribution in [0.5, 0.6) is 0 Å². The van der Waals surface area contributed by atoms with Crippen LogP contribution in [0.1, 0.15) is 19.4 Å². The molecule has 0 atom stereocenters. The number of benzene rings is 1. The SMILES string of the molecule is CC(C)CN(CC(F)(F)F)S(=O)(=O)c1ccc(C#N)c(Cl)c1. The Morgan fingerprint density at radius 1 is 1.36 bits per heavy atom. The van der Waals surface area contributed by atoms with Crippen LogP contribution in [0.3, 0.4) is 0 Å². The first-order valence-electron chi connectivity index (χ1n) is 6.24. The smallest absolute Gasteiger partial charge is 0.207 e. The Labute approximate surface area is 132 Å². The number of alkyl halides is 3. The number of halogens is 4. The van der Waals surface area contributed by atoms with Crippen LogP contribution in [-0.2, 0) is 10.0 Å². The molecular formula is C13H14ClF3N2O2S. The van der Waals surface area contributed by atoms with Gasteiger partial charge in [0, 0.05) is 6.54 Å². The van der Waals surface area contributed by atoms with Gasteiger partial charge in [0.1, 0.15) is 12.6 Å². The molecule has 0 heterocycles. The highest BCUT2D eigenvalue weighted by molar-refractivity contribution is 7.89. The van der Waals surface area contributed by atoms with Gasteiger partial charge in [-0.2, -0.15) is 22.7 Å². The molecule has 9 heteroatoms. The molecule has 0 aromatic heterocycles. The van der Waals surface area contributed by atoms with E-state index in [1.54, 1.807) is 19.9 Å². The minimum absolute atomic E-state index is 0.0480. The quantitative estimate of drug-likeness (QED) is 0.814. The molecule has 0 amide bonds. The lowest BCUT2D eigenvalue weighted by Crippen LogP contribution is -2.41. The summed E-state index contributed by atoms with van der Waals surface area (Å²) >= 11 is 5.75. The van der Waals surface area contributed by atoms with E-state index in [2.05, 4.69) is 0 Å². The highest BCUT2D eigenvalue weighted by Crippen LogP contribution is 2.26. The van der Waals surface area contributed by atoms with Gasteiger partial charge in [-0.05, 0) is 24.1 Å². The summed E-state index contributed by atoms with van der Waals surface area (Å²) in [6, 6.07) is 4.97. The molecule has 0 saturated heterocycles. The first kappa shape index (κ1) is 18.7. The molecule has 122 valence electrons. The standard InChI is InChI=1S/C13H14ClF3N2O2S/c1-9(2)7-19(8-13(15,16)17)22(20,21)11-4-3-10(6-18)12(14)5-11/h3-5,9H,7-8H2,1-2H3. The third-order valence-electron chi connectivity index (χ3n) is 2.62. The molecule has 0 bridgehead atoms. The summed E-state index contributed by atoms with van der Waals surface area (Å²) in [4.78, 5) is -0.374. The maximum Gasteiger partial charge on any atom is 0.402 e. The largest absolute Gasteiger partial charge is 0.402 e. The van der Waals surface area contributed by atoms with Crippen molar-refractivity contribution in [3.05, 3.63) is 28.8 Å². The van der Waals surface area contributed by atoms with Crippen LogP contribution in [0.4, 0.5) is 13.2 Å². The van der Waals surface area contributed by atoms with Crippen molar-refractivity contribution < 1.29 is 21.6 Å². The van der Waals surface area contributed by atoms with Crippen LogP contribution in [0.2, 0.25) is 5.02 Å². The molecule has 22 heavy (non-hydrogen) atoms. The van der Waals surface area contributed by atoms with Crippen LogP contribution in [0.15, 0.2) is 23.1 Å². The van der Waals surface area contributed by atoms with E-state index in [1.165, 1.54) is 0 Å². The topological polar surface area (TPSA) is 61.2 Å². The van der Waals surface area contributed by atoms with Crippen LogP contribution >= 0.6 is 11.6 Å². The molecule has 0 saturated carbocycles. The first-order chi connectivity index (χ1) is 9.97. The Balaban J connectivity index is 3.27. The van der Waals surface area contributed by atoms with E-state index < -0.39 is 22.7 Å². The summed E-state index contributed by atoms with van der Waals surface area (Å²) in [6.45, 7) is 1.37. The Hall–Kier alpha value is -1.30. The lowest BCUT2D eigenvalue weighted by atomic mass is 10.2. The third kappa shape index (κ3) is 4.87. The average Bonchev–Trinajstić information content (AvgIpc) is 2.35. The van der Waals surface area contributed by atoms with E-state index in [4.69, 9.17) is 16.9 Å². The number of nitrogens with zero attached hydrogens (tertiary/aromatic N) is 2. The lowest BCUT2D eigenvalue weighted by molar-refractivity contribution is -0.136. The number of nitriles is 1. The molecule has 0 spiro atoms. The molecule has 1 aromatic rings. The minimum atomic E-state index is -4.65.